The van der Waals surface area contributed by atoms with Gasteiger partial charge >= 0.3 is 5.97 Å². The van der Waals surface area contributed by atoms with Crippen LogP contribution in [0.2, 0.25) is 15.2 Å². The molecule has 1 aliphatic heterocycles. The summed E-state index contributed by atoms with van der Waals surface area (Å²) in [6.45, 7) is -0.563. The summed E-state index contributed by atoms with van der Waals surface area (Å²) in [5.41, 5.74) is 0.835. The van der Waals surface area contributed by atoms with Crippen molar-refractivity contribution in [3.05, 3.63) is 62.4 Å². The van der Waals surface area contributed by atoms with Crippen LogP contribution in [-0.2, 0) is 16.1 Å². The van der Waals surface area contributed by atoms with Crippen molar-refractivity contribution in [2.45, 2.75) is 6.61 Å². The topological polar surface area (TPSA) is 76.6 Å². The van der Waals surface area contributed by atoms with Crippen LogP contribution in [0.15, 0.2) is 30.5 Å². The van der Waals surface area contributed by atoms with Crippen LogP contribution in [0, 0.1) is 0 Å². The number of esters is 1. The van der Waals surface area contributed by atoms with Crippen LogP contribution in [0.3, 0.4) is 0 Å². The first-order chi connectivity index (χ1) is 11.9. The van der Waals surface area contributed by atoms with Gasteiger partial charge in [0.25, 0.3) is 11.8 Å². The molecule has 9 heteroatoms. The molecule has 2 aromatic rings. The Bertz CT molecular complexity index is 843. The van der Waals surface area contributed by atoms with Gasteiger partial charge in [-0.05, 0) is 18.2 Å². The first kappa shape index (κ1) is 17.7. The fraction of sp³-hybridized carbons (Fsp3) is 0.125. The molecule has 6 nitrogen and oxygen atoms in total. The lowest BCUT2D eigenvalue weighted by molar-refractivity contribution is -0.145. The Balaban J connectivity index is 1.67. The monoisotopic (exact) mass is 398 g/mol. The van der Waals surface area contributed by atoms with E-state index in [0.29, 0.717) is 10.7 Å². The molecule has 1 aromatic heterocycles. The number of pyridine rings is 1. The van der Waals surface area contributed by atoms with Crippen molar-refractivity contribution < 1.29 is 19.1 Å². The molecule has 0 radical (unpaired) electrons. The maximum atomic E-state index is 12.3. The van der Waals surface area contributed by atoms with Crippen molar-refractivity contribution in [2.75, 3.05) is 6.54 Å². The van der Waals surface area contributed by atoms with Crippen molar-refractivity contribution in [1.82, 2.24) is 9.88 Å². The van der Waals surface area contributed by atoms with E-state index in [1.54, 1.807) is 12.1 Å². The minimum absolute atomic E-state index is 0.0518. The molecule has 3 rings (SSSR count). The lowest BCUT2D eigenvalue weighted by Crippen LogP contribution is -2.35. The van der Waals surface area contributed by atoms with E-state index in [1.807, 2.05) is 0 Å². The van der Waals surface area contributed by atoms with Crippen molar-refractivity contribution in [1.29, 1.82) is 0 Å². The summed E-state index contributed by atoms with van der Waals surface area (Å²) in [5.74, 6) is -1.98. The molecule has 0 saturated carbocycles. The lowest BCUT2D eigenvalue weighted by Gasteiger charge is -2.13. The Labute approximate surface area is 157 Å². The van der Waals surface area contributed by atoms with Gasteiger partial charge in [-0.15, -0.1) is 0 Å². The van der Waals surface area contributed by atoms with E-state index in [1.165, 1.54) is 18.3 Å². The van der Waals surface area contributed by atoms with Gasteiger partial charge in [0.05, 0.1) is 21.2 Å². The fourth-order valence-electron chi connectivity index (χ4n) is 2.26. The second-order valence-corrected chi connectivity index (χ2v) is 6.36. The zero-order valence-electron chi connectivity index (χ0n) is 12.5. The number of hydrogen-bond donors (Lipinski definition) is 0. The van der Waals surface area contributed by atoms with Crippen molar-refractivity contribution in [2.24, 2.45) is 0 Å². The maximum absolute atomic E-state index is 12.3. The number of halogens is 3. The minimum Gasteiger partial charge on any atom is -0.459 e. The number of nitrogens with zero attached hydrogens (tertiary/aromatic N) is 2. The van der Waals surface area contributed by atoms with E-state index in [4.69, 9.17) is 39.5 Å². The number of hydrogen-bond acceptors (Lipinski definition) is 5. The van der Waals surface area contributed by atoms with E-state index >= 15 is 0 Å². The maximum Gasteiger partial charge on any atom is 0.326 e. The molecular formula is C16H9Cl3N2O4. The molecule has 1 aliphatic rings. The third-order valence-corrected chi connectivity index (χ3v) is 4.43. The Morgan fingerprint density at radius 2 is 1.64 bits per heavy atom. The van der Waals surface area contributed by atoms with Crippen LogP contribution in [0.5, 0.6) is 0 Å². The summed E-state index contributed by atoms with van der Waals surface area (Å²) in [7, 11) is 0. The number of benzene rings is 1. The van der Waals surface area contributed by atoms with E-state index < -0.39 is 24.3 Å². The van der Waals surface area contributed by atoms with Crippen LogP contribution in [0.1, 0.15) is 26.3 Å². The minimum atomic E-state index is -0.735. The van der Waals surface area contributed by atoms with Gasteiger partial charge in [0.1, 0.15) is 18.3 Å². The number of carbonyl (C=O) groups is 3. The molecule has 25 heavy (non-hydrogen) atoms. The molecule has 0 aliphatic carbocycles. The predicted octanol–water partition coefficient (Wildman–Crippen LogP) is 3.38. The van der Waals surface area contributed by atoms with Crippen LogP contribution in [-0.4, -0.2) is 34.2 Å². The van der Waals surface area contributed by atoms with E-state index in [2.05, 4.69) is 4.98 Å². The summed E-state index contributed by atoms with van der Waals surface area (Å²) < 4.78 is 5.05. The van der Waals surface area contributed by atoms with Crippen molar-refractivity contribution >= 4 is 52.6 Å². The number of ether oxygens (including phenoxy) is 1. The molecule has 0 atom stereocenters. The summed E-state index contributed by atoms with van der Waals surface area (Å²) in [4.78, 5) is 41.2. The average molecular weight is 400 g/mol. The Morgan fingerprint density at radius 1 is 1.04 bits per heavy atom. The third kappa shape index (κ3) is 3.61. The lowest BCUT2D eigenvalue weighted by atomic mass is 10.1. The number of fused-ring (bicyclic) bond motifs is 1. The molecule has 0 spiro atoms. The SMILES string of the molecule is O=C(CN1C(=O)c2cc(Cl)c(Cl)cc2C1=O)OCc1ccc(Cl)nc1. The summed E-state index contributed by atoms with van der Waals surface area (Å²) >= 11 is 17.4. The fourth-order valence-corrected chi connectivity index (χ4v) is 2.70. The number of aromatic nitrogens is 1. The molecule has 0 N–H and O–H groups in total. The molecular weight excluding hydrogens is 391 g/mol. The quantitative estimate of drug-likeness (QED) is 0.447. The standard InChI is InChI=1S/C16H9Cl3N2O4/c17-11-3-9-10(4-12(11)18)16(24)21(15(9)23)6-14(22)25-7-8-1-2-13(19)20-5-8/h1-5H,6-7H2. The first-order valence-electron chi connectivity index (χ1n) is 6.98. The smallest absolute Gasteiger partial charge is 0.326 e. The zero-order chi connectivity index (χ0) is 18.1. The van der Waals surface area contributed by atoms with Crippen molar-refractivity contribution in [3.63, 3.8) is 0 Å². The molecule has 2 heterocycles. The van der Waals surface area contributed by atoms with Crippen molar-refractivity contribution in [3.8, 4) is 0 Å². The van der Waals surface area contributed by atoms with Gasteiger partial charge in [-0.3, -0.25) is 19.3 Å². The zero-order valence-corrected chi connectivity index (χ0v) is 14.7. The first-order valence-corrected chi connectivity index (χ1v) is 8.11. The van der Waals surface area contributed by atoms with Crippen LogP contribution < -0.4 is 0 Å². The highest BCUT2D eigenvalue weighted by Gasteiger charge is 2.37. The number of rotatable bonds is 4. The normalized spacial score (nSPS) is 13.2. The van der Waals surface area contributed by atoms with Gasteiger partial charge in [-0.25, -0.2) is 4.98 Å². The third-order valence-electron chi connectivity index (χ3n) is 3.49. The molecule has 0 fully saturated rings. The second-order valence-electron chi connectivity index (χ2n) is 5.16. The molecule has 0 saturated heterocycles. The van der Waals surface area contributed by atoms with E-state index in [0.717, 1.165) is 4.90 Å². The number of carbonyl (C=O) groups excluding carboxylic acids is 3. The average Bonchev–Trinajstić information content (AvgIpc) is 2.80. The Kier molecular flexibility index (Phi) is 4.94. The van der Waals surface area contributed by atoms with Gasteiger partial charge in [0, 0.05) is 11.8 Å². The molecule has 2 amide bonds. The van der Waals surface area contributed by atoms with E-state index in [9.17, 15) is 14.4 Å². The molecule has 0 unspecified atom stereocenters. The van der Waals surface area contributed by atoms with Gasteiger partial charge in [0.2, 0.25) is 0 Å². The highest BCUT2D eigenvalue weighted by Crippen LogP contribution is 2.31. The van der Waals surface area contributed by atoms with Crippen LogP contribution >= 0.6 is 34.8 Å². The summed E-state index contributed by atoms with van der Waals surface area (Å²) in [6, 6.07) is 5.82. The van der Waals surface area contributed by atoms with Crippen LogP contribution in [0.25, 0.3) is 0 Å². The Hall–Kier alpha value is -2.15. The number of amides is 2. The summed E-state index contributed by atoms with van der Waals surface area (Å²) in [6.07, 6.45) is 1.46. The predicted molar refractivity (Wildman–Crippen MR) is 90.9 cm³/mol. The van der Waals surface area contributed by atoms with Gasteiger partial charge in [-0.2, -0.15) is 0 Å². The number of imide groups is 1. The summed E-state index contributed by atoms with van der Waals surface area (Å²) in [5, 5.41) is 0.626. The van der Waals surface area contributed by atoms with Gasteiger partial charge < -0.3 is 4.74 Å². The largest absolute Gasteiger partial charge is 0.459 e. The van der Waals surface area contributed by atoms with Gasteiger partial charge in [-0.1, -0.05) is 40.9 Å². The van der Waals surface area contributed by atoms with Gasteiger partial charge in [0.15, 0.2) is 0 Å². The highest BCUT2D eigenvalue weighted by atomic mass is 35.5. The Morgan fingerprint density at radius 3 is 2.16 bits per heavy atom. The van der Waals surface area contributed by atoms with E-state index in [-0.39, 0.29) is 27.8 Å². The second kappa shape index (κ2) is 7.00. The molecule has 1 aromatic carbocycles. The van der Waals surface area contributed by atoms with Crippen LogP contribution in [0.4, 0.5) is 0 Å². The highest BCUT2D eigenvalue weighted by molar-refractivity contribution is 6.43. The molecule has 128 valence electrons. The molecule has 0 bridgehead atoms.